The molecule has 1 heterocycles. The molecule has 1 aromatic heterocycles. The summed E-state index contributed by atoms with van der Waals surface area (Å²) in [5.41, 5.74) is 0.114. The summed E-state index contributed by atoms with van der Waals surface area (Å²) in [6, 6.07) is 18.0. The highest BCUT2D eigenvalue weighted by atomic mass is 79.9. The third-order valence-corrected chi connectivity index (χ3v) is 5.05. The number of nitrogens with zero attached hydrogens (tertiary/aromatic N) is 3. The van der Waals surface area contributed by atoms with Gasteiger partial charge in [0.2, 0.25) is 5.91 Å². The van der Waals surface area contributed by atoms with E-state index in [1.54, 1.807) is 24.3 Å². The number of ether oxygens (including phenoxy) is 1. The first-order chi connectivity index (χ1) is 15.4. The van der Waals surface area contributed by atoms with Crippen molar-refractivity contribution in [1.82, 2.24) is 9.55 Å². The van der Waals surface area contributed by atoms with E-state index in [0.29, 0.717) is 17.2 Å². The van der Waals surface area contributed by atoms with Gasteiger partial charge in [-0.05, 0) is 54.6 Å². The number of amides is 1. The normalized spacial score (nSPS) is 10.7. The first-order valence-corrected chi connectivity index (χ1v) is 10.2. The van der Waals surface area contributed by atoms with Crippen LogP contribution in [-0.2, 0) is 11.3 Å². The average Bonchev–Trinajstić information content (AvgIpc) is 2.78. The second kappa shape index (κ2) is 8.98. The Balaban J connectivity index is 1.43. The van der Waals surface area contributed by atoms with E-state index >= 15 is 0 Å². The lowest BCUT2D eigenvalue weighted by atomic mass is 10.2. The molecule has 0 atom stereocenters. The minimum Gasteiger partial charge on any atom is -0.457 e. The molecule has 160 valence electrons. The van der Waals surface area contributed by atoms with Crippen LogP contribution in [0.1, 0.15) is 0 Å². The Labute approximate surface area is 189 Å². The predicted molar refractivity (Wildman–Crippen MR) is 122 cm³/mol. The van der Waals surface area contributed by atoms with Gasteiger partial charge in [0.1, 0.15) is 18.0 Å². The van der Waals surface area contributed by atoms with Gasteiger partial charge in [0.05, 0.1) is 22.2 Å². The molecule has 1 N–H and O–H groups in total. The fraction of sp³-hybridized carbons (Fsp3) is 0.0455. The number of hydrogen-bond donors (Lipinski definition) is 1. The van der Waals surface area contributed by atoms with E-state index in [0.717, 1.165) is 9.04 Å². The minimum atomic E-state index is -0.560. The number of fused-ring (bicyclic) bond motifs is 1. The fourth-order valence-corrected chi connectivity index (χ4v) is 3.24. The quantitative estimate of drug-likeness (QED) is 0.311. The number of halogens is 1. The average molecular weight is 495 g/mol. The Kier molecular flexibility index (Phi) is 5.95. The molecule has 1 amide bonds. The standard InChI is InChI=1S/C22H15BrN4O5/c23-14-1-6-17(7-2-14)32-18-8-3-15(4-9-18)25-21(28)12-26-13-24-20-11-16(27(30)31)5-10-19(20)22(26)29/h1-11,13H,12H2,(H,25,28). The molecule has 32 heavy (non-hydrogen) atoms. The van der Waals surface area contributed by atoms with Crippen LogP contribution in [0.15, 0.2) is 82.3 Å². The summed E-state index contributed by atoms with van der Waals surface area (Å²) < 4.78 is 7.84. The molecule has 0 aliphatic carbocycles. The van der Waals surface area contributed by atoms with Crippen molar-refractivity contribution in [3.05, 3.63) is 98.0 Å². The monoisotopic (exact) mass is 494 g/mol. The molecule has 4 rings (SSSR count). The van der Waals surface area contributed by atoms with Gasteiger partial charge < -0.3 is 10.1 Å². The molecular weight excluding hydrogens is 480 g/mol. The van der Waals surface area contributed by atoms with Crippen LogP contribution in [0.2, 0.25) is 0 Å². The summed E-state index contributed by atoms with van der Waals surface area (Å²) in [6.07, 6.45) is 1.20. The number of hydrogen-bond acceptors (Lipinski definition) is 6. The number of anilines is 1. The van der Waals surface area contributed by atoms with Crippen molar-refractivity contribution in [1.29, 1.82) is 0 Å². The highest BCUT2D eigenvalue weighted by molar-refractivity contribution is 9.10. The molecule has 0 aliphatic heterocycles. The maximum atomic E-state index is 12.6. The molecule has 0 fully saturated rings. The van der Waals surface area contributed by atoms with E-state index < -0.39 is 16.4 Å². The number of carbonyl (C=O) groups excluding carboxylic acids is 1. The van der Waals surface area contributed by atoms with Crippen molar-refractivity contribution >= 4 is 44.1 Å². The van der Waals surface area contributed by atoms with E-state index in [1.165, 1.54) is 24.5 Å². The fourth-order valence-electron chi connectivity index (χ4n) is 2.97. The highest BCUT2D eigenvalue weighted by Gasteiger charge is 2.12. The highest BCUT2D eigenvalue weighted by Crippen LogP contribution is 2.24. The number of nitrogens with one attached hydrogen (secondary N) is 1. The summed E-state index contributed by atoms with van der Waals surface area (Å²) in [7, 11) is 0. The smallest absolute Gasteiger partial charge is 0.271 e. The van der Waals surface area contributed by atoms with Crippen LogP contribution in [0.5, 0.6) is 11.5 Å². The maximum absolute atomic E-state index is 12.6. The van der Waals surface area contributed by atoms with Crippen molar-refractivity contribution in [3.8, 4) is 11.5 Å². The van der Waals surface area contributed by atoms with Crippen LogP contribution < -0.4 is 15.6 Å². The topological polar surface area (TPSA) is 116 Å². The summed E-state index contributed by atoms with van der Waals surface area (Å²) in [4.78, 5) is 39.4. The zero-order valence-electron chi connectivity index (χ0n) is 16.4. The number of nitro benzene ring substituents is 1. The van der Waals surface area contributed by atoms with Crippen molar-refractivity contribution < 1.29 is 14.5 Å². The molecular formula is C22H15BrN4O5. The number of carbonyl (C=O) groups is 1. The first-order valence-electron chi connectivity index (χ1n) is 9.36. The third-order valence-electron chi connectivity index (χ3n) is 4.52. The molecule has 3 aromatic carbocycles. The molecule has 0 spiro atoms. The minimum absolute atomic E-state index is 0.160. The molecule has 0 unspecified atom stereocenters. The predicted octanol–water partition coefficient (Wildman–Crippen LogP) is 4.50. The molecule has 0 saturated carbocycles. The number of non-ortho nitro benzene ring substituents is 1. The summed E-state index contributed by atoms with van der Waals surface area (Å²) in [5.74, 6) is 0.865. The van der Waals surface area contributed by atoms with Gasteiger partial charge in [0.15, 0.2) is 0 Å². The largest absolute Gasteiger partial charge is 0.457 e. The molecule has 4 aromatic rings. The van der Waals surface area contributed by atoms with E-state index in [2.05, 4.69) is 26.2 Å². The van der Waals surface area contributed by atoms with Crippen LogP contribution in [-0.4, -0.2) is 20.4 Å². The van der Waals surface area contributed by atoms with Gasteiger partial charge in [-0.3, -0.25) is 24.3 Å². The number of benzene rings is 3. The number of rotatable bonds is 6. The Hall–Kier alpha value is -4.05. The molecule has 0 saturated heterocycles. The van der Waals surface area contributed by atoms with Crippen molar-refractivity contribution in [2.45, 2.75) is 6.54 Å². The number of aromatic nitrogens is 2. The van der Waals surface area contributed by atoms with E-state index in [-0.39, 0.29) is 23.1 Å². The van der Waals surface area contributed by atoms with Gasteiger partial charge in [-0.25, -0.2) is 4.98 Å². The van der Waals surface area contributed by atoms with Gasteiger partial charge >= 0.3 is 0 Å². The SMILES string of the molecule is O=C(Cn1cnc2cc([N+](=O)[O-])ccc2c1=O)Nc1ccc(Oc2ccc(Br)cc2)cc1. The molecule has 0 radical (unpaired) electrons. The third kappa shape index (κ3) is 4.81. The Morgan fingerprint density at radius 3 is 2.38 bits per heavy atom. The molecule has 0 aliphatic rings. The summed E-state index contributed by atoms with van der Waals surface area (Å²) in [5, 5.41) is 13.8. The van der Waals surface area contributed by atoms with Gasteiger partial charge in [0, 0.05) is 22.3 Å². The van der Waals surface area contributed by atoms with E-state index in [9.17, 15) is 19.7 Å². The molecule has 10 heteroatoms. The van der Waals surface area contributed by atoms with Crippen molar-refractivity contribution in [3.63, 3.8) is 0 Å². The Morgan fingerprint density at radius 2 is 1.72 bits per heavy atom. The van der Waals surface area contributed by atoms with Crippen LogP contribution in [0.4, 0.5) is 11.4 Å². The lowest BCUT2D eigenvalue weighted by Gasteiger charge is -2.09. The lowest BCUT2D eigenvalue weighted by Crippen LogP contribution is -2.27. The lowest BCUT2D eigenvalue weighted by molar-refractivity contribution is -0.384. The van der Waals surface area contributed by atoms with Crippen LogP contribution >= 0.6 is 15.9 Å². The van der Waals surface area contributed by atoms with Gasteiger partial charge in [-0.15, -0.1) is 0 Å². The van der Waals surface area contributed by atoms with E-state index in [4.69, 9.17) is 4.74 Å². The number of nitro groups is 1. The second-order valence-electron chi connectivity index (χ2n) is 6.76. The van der Waals surface area contributed by atoms with Crippen LogP contribution in [0.25, 0.3) is 10.9 Å². The zero-order chi connectivity index (χ0) is 22.7. The van der Waals surface area contributed by atoms with Crippen LogP contribution in [0.3, 0.4) is 0 Å². The van der Waals surface area contributed by atoms with Gasteiger partial charge in [-0.1, -0.05) is 15.9 Å². The van der Waals surface area contributed by atoms with Crippen molar-refractivity contribution in [2.24, 2.45) is 0 Å². The molecule has 0 bridgehead atoms. The van der Waals surface area contributed by atoms with Gasteiger partial charge in [0.25, 0.3) is 11.2 Å². The maximum Gasteiger partial charge on any atom is 0.271 e. The summed E-state index contributed by atoms with van der Waals surface area (Å²) in [6.45, 7) is -0.254. The molecule has 9 nitrogen and oxygen atoms in total. The van der Waals surface area contributed by atoms with Crippen molar-refractivity contribution in [2.75, 3.05) is 5.32 Å². The Morgan fingerprint density at radius 1 is 1.06 bits per heavy atom. The van der Waals surface area contributed by atoms with Crippen LogP contribution in [0, 0.1) is 10.1 Å². The first kappa shape index (κ1) is 21.2. The van der Waals surface area contributed by atoms with E-state index in [1.807, 2.05) is 24.3 Å². The summed E-state index contributed by atoms with van der Waals surface area (Å²) >= 11 is 3.37. The Bertz CT molecular complexity index is 1370. The zero-order valence-corrected chi connectivity index (χ0v) is 18.0. The second-order valence-corrected chi connectivity index (χ2v) is 7.68. The van der Waals surface area contributed by atoms with Gasteiger partial charge in [-0.2, -0.15) is 0 Å².